The van der Waals surface area contributed by atoms with E-state index in [2.05, 4.69) is 39.8 Å². The van der Waals surface area contributed by atoms with Crippen LogP contribution in [0.25, 0.3) is 0 Å². The zero-order valence-electron chi connectivity index (χ0n) is 20.7. The Morgan fingerprint density at radius 3 is 2.03 bits per heavy atom. The second-order valence-electron chi connectivity index (χ2n) is 9.23. The van der Waals surface area contributed by atoms with Crippen LogP contribution in [0.5, 0.6) is 11.5 Å². The first-order chi connectivity index (χ1) is 14.3. The maximum atomic E-state index is 12.4. The minimum absolute atomic E-state index is 0. The summed E-state index contributed by atoms with van der Waals surface area (Å²) in [4.78, 5) is 0. The van der Waals surface area contributed by atoms with Gasteiger partial charge in [0, 0.05) is 25.7 Å². The minimum Gasteiger partial charge on any atom is -1.00 e. The molecule has 0 saturated carbocycles. The van der Waals surface area contributed by atoms with Crippen molar-refractivity contribution in [2.24, 2.45) is 11.3 Å². The van der Waals surface area contributed by atoms with Gasteiger partial charge in [-0.2, -0.15) is 0 Å². The molecule has 1 aliphatic carbocycles. The molecule has 178 valence electrons. The normalized spacial score (nSPS) is 18.2. The second-order valence-corrected chi connectivity index (χ2v) is 9.23. The van der Waals surface area contributed by atoms with Gasteiger partial charge in [0.1, 0.15) is 11.5 Å². The molecule has 0 aromatic heterocycles. The molecule has 7 heteroatoms. The molecule has 0 saturated heterocycles. The van der Waals surface area contributed by atoms with Crippen molar-refractivity contribution in [3.63, 3.8) is 0 Å². The van der Waals surface area contributed by atoms with Crippen LogP contribution >= 0.6 is 0 Å². The zero-order chi connectivity index (χ0) is 22.1. The largest absolute Gasteiger partial charge is 2.00 e. The molecule has 0 amide bonds. The Kier molecular flexibility index (Phi) is 15.2. The topological polar surface area (TPSA) is 60.0 Å². The van der Waals surface area contributed by atoms with E-state index in [9.17, 15) is 5.11 Å². The van der Waals surface area contributed by atoms with Crippen molar-refractivity contribution in [1.29, 1.82) is 0 Å². The van der Waals surface area contributed by atoms with Crippen LogP contribution in [0, 0.1) is 11.3 Å². The van der Waals surface area contributed by atoms with Crippen LogP contribution in [0.3, 0.4) is 0 Å². The summed E-state index contributed by atoms with van der Waals surface area (Å²) >= 11 is 0. The van der Waals surface area contributed by atoms with Gasteiger partial charge in [0.25, 0.3) is 0 Å². The molecule has 2 rings (SSSR count). The predicted octanol–water partition coefficient (Wildman–Crippen LogP) is 1.79. The van der Waals surface area contributed by atoms with Crippen LogP contribution in [0.1, 0.15) is 76.8 Å². The van der Waals surface area contributed by atoms with E-state index in [1.807, 2.05) is 6.08 Å². The van der Waals surface area contributed by atoms with E-state index in [1.165, 1.54) is 18.4 Å². The summed E-state index contributed by atoms with van der Waals surface area (Å²) in [6, 6.07) is 4.19. The van der Waals surface area contributed by atoms with Crippen LogP contribution in [-0.2, 0) is 15.9 Å². The SMILES string of the molecule is CCCCCc1cc(OCOC)c([C@@H]2C=C([O-])CC[C@H]2C(C)(C)C)c(OCOC)c1.[Br-].[Mg+2]. The van der Waals surface area contributed by atoms with Crippen LogP contribution in [0.4, 0.5) is 0 Å². The number of rotatable bonds is 11. The maximum absolute atomic E-state index is 12.4. The van der Waals surface area contributed by atoms with Gasteiger partial charge in [-0.05, 0) is 54.7 Å². The fraction of sp³-hybridized carbons (Fsp3) is 0.680. The van der Waals surface area contributed by atoms with Gasteiger partial charge in [-0.25, -0.2) is 0 Å². The number of ether oxygens (including phenoxy) is 4. The van der Waals surface area contributed by atoms with Crippen molar-refractivity contribution in [3.05, 3.63) is 35.1 Å². The summed E-state index contributed by atoms with van der Waals surface area (Å²) in [5, 5.41) is 12.4. The smallest absolute Gasteiger partial charge is 1.00 e. The van der Waals surface area contributed by atoms with Gasteiger partial charge in [0.05, 0.1) is 0 Å². The number of halogens is 1. The Hall–Kier alpha value is -0.474. The zero-order valence-corrected chi connectivity index (χ0v) is 23.7. The van der Waals surface area contributed by atoms with Gasteiger partial charge in [-0.15, -0.1) is 5.76 Å². The average molecular weight is 524 g/mol. The van der Waals surface area contributed by atoms with Crippen LogP contribution < -0.4 is 31.6 Å². The predicted molar refractivity (Wildman–Crippen MR) is 123 cm³/mol. The van der Waals surface area contributed by atoms with Crippen molar-refractivity contribution in [2.45, 2.75) is 72.1 Å². The molecule has 32 heavy (non-hydrogen) atoms. The van der Waals surface area contributed by atoms with Crippen LogP contribution in [0.15, 0.2) is 24.0 Å². The van der Waals surface area contributed by atoms with Gasteiger partial charge in [-0.1, -0.05) is 46.6 Å². The standard InChI is InChI=1S/C25H40O5.BrH.Mg/c1-7-8-9-10-18-13-22(29-16-27-5)24(23(14-18)30-17-28-6)20-15-19(26)11-12-21(20)25(2,3)4;;/h13-15,20-21,26H,7-12,16-17H2,1-6H3;1H;/q;;+2/p-2/t20-,21-;;/m1../s1. The first kappa shape index (κ1) is 31.5. The second kappa shape index (κ2) is 15.4. The fourth-order valence-electron chi connectivity index (χ4n) is 4.32. The van der Waals surface area contributed by atoms with Crippen molar-refractivity contribution in [3.8, 4) is 11.5 Å². The summed E-state index contributed by atoms with van der Waals surface area (Å²) in [5.74, 6) is 1.89. The molecule has 0 aliphatic heterocycles. The van der Waals surface area contributed by atoms with E-state index in [0.29, 0.717) is 12.3 Å². The molecule has 0 bridgehead atoms. The van der Waals surface area contributed by atoms with E-state index in [0.717, 1.165) is 36.3 Å². The molecule has 2 atom stereocenters. The molecule has 0 heterocycles. The van der Waals surface area contributed by atoms with Gasteiger partial charge in [-0.3, -0.25) is 0 Å². The summed E-state index contributed by atoms with van der Waals surface area (Å²) in [7, 11) is 3.22. The summed E-state index contributed by atoms with van der Waals surface area (Å²) in [6.07, 6.45) is 7.74. The van der Waals surface area contributed by atoms with E-state index in [-0.39, 0.29) is 70.7 Å². The van der Waals surface area contributed by atoms with Gasteiger partial charge < -0.3 is 41.0 Å². The Labute approximate surface area is 221 Å². The van der Waals surface area contributed by atoms with E-state index < -0.39 is 0 Å². The average Bonchev–Trinajstić information content (AvgIpc) is 2.69. The van der Waals surface area contributed by atoms with Gasteiger partial charge in [0.15, 0.2) is 13.6 Å². The molecule has 5 nitrogen and oxygen atoms in total. The van der Waals surface area contributed by atoms with E-state index >= 15 is 0 Å². The summed E-state index contributed by atoms with van der Waals surface area (Å²) in [6.45, 7) is 9.20. The quantitative estimate of drug-likeness (QED) is 0.252. The molecule has 0 fully saturated rings. The third kappa shape index (κ3) is 9.05. The molecule has 1 aromatic carbocycles. The molecule has 1 aliphatic rings. The van der Waals surface area contributed by atoms with Crippen LogP contribution in [0.2, 0.25) is 0 Å². The Balaban J connectivity index is 0.00000480. The summed E-state index contributed by atoms with van der Waals surface area (Å²) < 4.78 is 22.5. The summed E-state index contributed by atoms with van der Waals surface area (Å²) in [5.41, 5.74) is 2.13. The molecular formula is C25H39BrMgO5. The Bertz CT molecular complexity index is 673. The van der Waals surface area contributed by atoms with Crippen LogP contribution in [-0.4, -0.2) is 50.9 Å². The number of aryl methyl sites for hydroxylation is 1. The van der Waals surface area contributed by atoms with Crippen molar-refractivity contribution in [1.82, 2.24) is 0 Å². The van der Waals surface area contributed by atoms with Gasteiger partial charge in [0.2, 0.25) is 0 Å². The molecule has 0 N–H and O–H groups in total. The van der Waals surface area contributed by atoms with E-state index in [4.69, 9.17) is 18.9 Å². The van der Waals surface area contributed by atoms with Crippen molar-refractivity contribution < 1.29 is 41.0 Å². The molecular weight excluding hydrogens is 484 g/mol. The Morgan fingerprint density at radius 1 is 1.00 bits per heavy atom. The van der Waals surface area contributed by atoms with E-state index in [1.54, 1.807) is 14.2 Å². The van der Waals surface area contributed by atoms with Gasteiger partial charge >= 0.3 is 23.1 Å². The number of hydrogen-bond acceptors (Lipinski definition) is 5. The number of unbranched alkanes of at least 4 members (excludes halogenated alkanes) is 2. The monoisotopic (exact) mass is 522 g/mol. The molecule has 0 spiro atoms. The maximum Gasteiger partial charge on any atom is 2.00 e. The fourth-order valence-corrected chi connectivity index (χ4v) is 4.32. The van der Waals surface area contributed by atoms with Crippen molar-refractivity contribution >= 4 is 23.1 Å². The third-order valence-corrected chi connectivity index (χ3v) is 5.84. The molecule has 0 radical (unpaired) electrons. The Morgan fingerprint density at radius 2 is 1.56 bits per heavy atom. The first-order valence-corrected chi connectivity index (χ1v) is 11.1. The number of methoxy groups -OCH3 is 2. The first-order valence-electron chi connectivity index (χ1n) is 11.1. The number of allylic oxidation sites excluding steroid dienone is 2. The molecule has 1 aromatic rings. The minimum atomic E-state index is -0.0744. The molecule has 0 unspecified atom stereocenters. The third-order valence-electron chi connectivity index (χ3n) is 5.84. The number of hydrogen-bond donors (Lipinski definition) is 0. The number of benzene rings is 1. The van der Waals surface area contributed by atoms with Crippen molar-refractivity contribution in [2.75, 3.05) is 27.8 Å².